The van der Waals surface area contributed by atoms with Gasteiger partial charge in [0.25, 0.3) is 0 Å². The van der Waals surface area contributed by atoms with Crippen LogP contribution in [-0.4, -0.2) is 26.3 Å². The normalized spacial score (nSPS) is 11.8. The summed E-state index contributed by atoms with van der Waals surface area (Å²) in [6.07, 6.45) is 0. The van der Waals surface area contributed by atoms with E-state index in [1.807, 2.05) is 30.3 Å². The second-order valence-corrected chi connectivity index (χ2v) is 8.18. The molecule has 0 atom stereocenters. The highest BCUT2D eigenvalue weighted by Gasteiger charge is 2.18. The van der Waals surface area contributed by atoms with Crippen LogP contribution in [0.25, 0.3) is 20.5 Å². The first-order chi connectivity index (χ1) is 11.9. The average Bonchev–Trinajstić information content (AvgIpc) is 2.61. The van der Waals surface area contributed by atoms with E-state index in [9.17, 15) is 13.2 Å². The number of benzene rings is 2. The van der Waals surface area contributed by atoms with Crippen LogP contribution in [0.5, 0.6) is 5.75 Å². The van der Waals surface area contributed by atoms with Crippen molar-refractivity contribution in [2.75, 3.05) is 13.6 Å². The molecule has 3 aromatic rings. The second kappa shape index (κ2) is 6.95. The lowest BCUT2D eigenvalue weighted by atomic mass is 10.1. The van der Waals surface area contributed by atoms with Gasteiger partial charge in [-0.3, -0.25) is 4.79 Å². The molecule has 0 unspecified atom stereocenters. The lowest BCUT2D eigenvalue weighted by molar-refractivity contribution is 0.401. The minimum atomic E-state index is -3.84. The third kappa shape index (κ3) is 3.73. The quantitative estimate of drug-likeness (QED) is 0.685. The fourth-order valence-corrected chi connectivity index (χ4v) is 4.18. The van der Waals surface area contributed by atoms with Crippen molar-refractivity contribution in [3.63, 3.8) is 0 Å². The Bertz CT molecular complexity index is 1060. The van der Waals surface area contributed by atoms with Gasteiger partial charge in [-0.05, 0) is 23.8 Å². The molecule has 0 fully saturated rings. The van der Waals surface area contributed by atoms with Crippen molar-refractivity contribution in [2.24, 2.45) is 0 Å². The van der Waals surface area contributed by atoms with Crippen LogP contribution in [0.15, 0.2) is 59.4 Å². The monoisotopic (exact) mass is 375 g/mol. The van der Waals surface area contributed by atoms with Gasteiger partial charge in [-0.2, -0.15) is 12.7 Å². The van der Waals surface area contributed by atoms with Crippen molar-refractivity contribution in [3.8, 4) is 16.2 Å². The topological polar surface area (TPSA) is 63.7 Å². The largest absolute Gasteiger partial charge is 0.384 e. The third-order valence-electron chi connectivity index (χ3n) is 3.79. The van der Waals surface area contributed by atoms with E-state index in [4.69, 9.17) is 4.18 Å². The van der Waals surface area contributed by atoms with E-state index in [0.717, 1.165) is 14.7 Å². The summed E-state index contributed by atoms with van der Waals surface area (Å²) in [6, 6.07) is 15.9. The molecule has 2 aromatic carbocycles. The molecule has 0 radical (unpaired) electrons. The van der Waals surface area contributed by atoms with Crippen LogP contribution in [-0.2, 0) is 10.3 Å². The van der Waals surface area contributed by atoms with Crippen molar-refractivity contribution in [1.82, 2.24) is 4.31 Å². The molecule has 0 spiro atoms. The first kappa shape index (κ1) is 17.6. The van der Waals surface area contributed by atoms with Gasteiger partial charge in [0, 0.05) is 34.6 Å². The summed E-state index contributed by atoms with van der Waals surface area (Å²) in [7, 11) is -2.40. The maximum absolute atomic E-state index is 12.4. The van der Waals surface area contributed by atoms with Gasteiger partial charge in [0.05, 0.1) is 0 Å². The Kier molecular flexibility index (Phi) is 4.89. The van der Waals surface area contributed by atoms with Crippen LogP contribution >= 0.6 is 11.3 Å². The lowest BCUT2D eigenvalue weighted by Gasteiger charge is -2.15. The molecule has 0 saturated heterocycles. The van der Waals surface area contributed by atoms with Gasteiger partial charge >= 0.3 is 10.3 Å². The van der Waals surface area contributed by atoms with Crippen LogP contribution in [0.3, 0.4) is 0 Å². The van der Waals surface area contributed by atoms with Crippen molar-refractivity contribution in [2.45, 2.75) is 6.92 Å². The number of hydrogen-bond acceptors (Lipinski definition) is 5. The summed E-state index contributed by atoms with van der Waals surface area (Å²) in [5.74, 6) is 0.189. The standard InChI is InChI=1S/C18H17NO4S2/c1-3-19(2)25(21,22)23-14-9-10-15-16(20)12-17(24-18(15)11-14)13-7-5-4-6-8-13/h4-12H,3H2,1-2H3. The predicted molar refractivity (Wildman–Crippen MR) is 101 cm³/mol. The van der Waals surface area contributed by atoms with Gasteiger partial charge < -0.3 is 4.18 Å². The SMILES string of the molecule is CCN(C)S(=O)(=O)Oc1ccc2c(=O)cc(-c3ccccc3)sc2c1. The van der Waals surface area contributed by atoms with E-state index in [2.05, 4.69) is 0 Å². The molecule has 0 saturated carbocycles. The van der Waals surface area contributed by atoms with Crippen LogP contribution in [0, 0.1) is 0 Å². The van der Waals surface area contributed by atoms with E-state index < -0.39 is 10.3 Å². The third-order valence-corrected chi connectivity index (χ3v) is 6.34. The predicted octanol–water partition coefficient (Wildman–Crippen LogP) is 3.50. The zero-order chi connectivity index (χ0) is 18.0. The Morgan fingerprint density at radius 2 is 1.80 bits per heavy atom. The Morgan fingerprint density at radius 1 is 1.08 bits per heavy atom. The fourth-order valence-electron chi connectivity index (χ4n) is 2.28. The van der Waals surface area contributed by atoms with E-state index in [0.29, 0.717) is 16.6 Å². The highest BCUT2D eigenvalue weighted by Crippen LogP contribution is 2.30. The summed E-state index contributed by atoms with van der Waals surface area (Å²) in [5.41, 5.74) is 0.837. The molecule has 0 aliphatic rings. The number of hydrogen-bond donors (Lipinski definition) is 0. The molecule has 1 aromatic heterocycles. The zero-order valence-corrected chi connectivity index (χ0v) is 15.4. The van der Waals surface area contributed by atoms with E-state index in [1.165, 1.54) is 24.5 Å². The zero-order valence-electron chi connectivity index (χ0n) is 13.8. The van der Waals surface area contributed by atoms with Crippen molar-refractivity contribution < 1.29 is 12.6 Å². The Morgan fingerprint density at radius 3 is 2.48 bits per heavy atom. The summed E-state index contributed by atoms with van der Waals surface area (Å²) >= 11 is 1.42. The van der Waals surface area contributed by atoms with Crippen LogP contribution < -0.4 is 9.61 Å². The maximum Gasteiger partial charge on any atom is 0.384 e. The van der Waals surface area contributed by atoms with Crippen molar-refractivity contribution in [1.29, 1.82) is 0 Å². The van der Waals surface area contributed by atoms with E-state index >= 15 is 0 Å². The minimum Gasteiger partial charge on any atom is -0.371 e. The molecule has 3 rings (SSSR count). The summed E-state index contributed by atoms with van der Waals surface area (Å²) in [5, 5.41) is 0.540. The first-order valence-electron chi connectivity index (χ1n) is 7.70. The molecule has 5 nitrogen and oxygen atoms in total. The second-order valence-electron chi connectivity index (χ2n) is 5.45. The molecule has 1 heterocycles. The summed E-state index contributed by atoms with van der Waals surface area (Å²) < 4.78 is 31.1. The first-order valence-corrected chi connectivity index (χ1v) is 9.88. The summed E-state index contributed by atoms with van der Waals surface area (Å²) in [4.78, 5) is 13.2. The van der Waals surface area contributed by atoms with Crippen LogP contribution in [0.1, 0.15) is 6.92 Å². The van der Waals surface area contributed by atoms with Crippen molar-refractivity contribution >= 4 is 31.7 Å². The van der Waals surface area contributed by atoms with Gasteiger partial charge in [-0.1, -0.05) is 37.3 Å². The van der Waals surface area contributed by atoms with Crippen LogP contribution in [0.2, 0.25) is 0 Å². The fraction of sp³-hybridized carbons (Fsp3) is 0.167. The van der Waals surface area contributed by atoms with Crippen molar-refractivity contribution in [3.05, 3.63) is 64.8 Å². The Hall–Kier alpha value is -2.22. The number of fused-ring (bicyclic) bond motifs is 1. The van der Waals surface area contributed by atoms with Crippen LogP contribution in [0.4, 0.5) is 0 Å². The molecule has 0 aliphatic heterocycles. The maximum atomic E-state index is 12.4. The molecular weight excluding hydrogens is 358 g/mol. The van der Waals surface area contributed by atoms with Gasteiger partial charge in [-0.25, -0.2) is 0 Å². The number of rotatable bonds is 5. The molecule has 0 N–H and O–H groups in total. The molecule has 7 heteroatoms. The van der Waals surface area contributed by atoms with Gasteiger partial charge in [0.2, 0.25) is 0 Å². The smallest absolute Gasteiger partial charge is 0.371 e. The minimum absolute atomic E-state index is 0.104. The lowest BCUT2D eigenvalue weighted by Crippen LogP contribution is -2.30. The average molecular weight is 375 g/mol. The summed E-state index contributed by atoms with van der Waals surface area (Å²) in [6.45, 7) is 2.03. The molecule has 0 bridgehead atoms. The number of nitrogens with zero attached hydrogens (tertiary/aromatic N) is 1. The van der Waals surface area contributed by atoms with Gasteiger partial charge in [0.15, 0.2) is 5.43 Å². The Labute approximate surface area is 150 Å². The molecule has 0 amide bonds. The molecule has 25 heavy (non-hydrogen) atoms. The van der Waals surface area contributed by atoms with E-state index in [-0.39, 0.29) is 11.2 Å². The highest BCUT2D eigenvalue weighted by atomic mass is 32.2. The molecular formula is C18H17NO4S2. The van der Waals surface area contributed by atoms with E-state index in [1.54, 1.807) is 25.1 Å². The molecule has 0 aliphatic carbocycles. The van der Waals surface area contributed by atoms with Gasteiger partial charge in [0.1, 0.15) is 5.75 Å². The van der Waals surface area contributed by atoms with Gasteiger partial charge in [-0.15, -0.1) is 11.3 Å². The molecule has 130 valence electrons. The Balaban J connectivity index is 2.06. The highest BCUT2D eigenvalue weighted by molar-refractivity contribution is 7.84.